The second kappa shape index (κ2) is 4.97. The van der Waals surface area contributed by atoms with Gasteiger partial charge in [-0.3, -0.25) is 0 Å². The van der Waals surface area contributed by atoms with Gasteiger partial charge in [-0.15, -0.1) is 0 Å². The molecule has 0 atom stereocenters. The van der Waals surface area contributed by atoms with Crippen molar-refractivity contribution in [1.29, 1.82) is 0 Å². The average Bonchev–Trinajstić information content (AvgIpc) is 2.30. The van der Waals surface area contributed by atoms with Gasteiger partial charge in [-0.2, -0.15) is 5.10 Å². The predicted molar refractivity (Wildman–Crippen MR) is 72.0 cm³/mol. The number of amides is 2. The first-order chi connectivity index (χ1) is 8.18. The van der Waals surface area contributed by atoms with Gasteiger partial charge in [0.25, 0.3) is 0 Å². The van der Waals surface area contributed by atoms with Crippen molar-refractivity contribution in [3.05, 3.63) is 46.4 Å². The number of benzene rings is 2. The molecule has 0 bridgehead atoms. The highest BCUT2D eigenvalue weighted by Crippen LogP contribution is 2.25. The summed E-state index contributed by atoms with van der Waals surface area (Å²) in [5.74, 6) is 0. The molecule has 0 unspecified atom stereocenters. The molecule has 0 fully saturated rings. The van der Waals surface area contributed by atoms with Crippen LogP contribution in [0, 0.1) is 0 Å². The van der Waals surface area contributed by atoms with Crippen molar-refractivity contribution >= 4 is 38.9 Å². The molecule has 2 aromatic carbocycles. The summed E-state index contributed by atoms with van der Waals surface area (Å²) in [5, 5.41) is 5.90. The summed E-state index contributed by atoms with van der Waals surface area (Å²) < 4.78 is 1.02. The fourth-order valence-electron chi connectivity index (χ4n) is 1.57. The highest BCUT2D eigenvalue weighted by Gasteiger charge is 2.01. The summed E-state index contributed by atoms with van der Waals surface area (Å²) >= 11 is 3.49. The summed E-state index contributed by atoms with van der Waals surface area (Å²) in [6.07, 6.45) is 1.57. The van der Waals surface area contributed by atoms with Gasteiger partial charge in [0.15, 0.2) is 0 Å². The number of halogens is 1. The minimum atomic E-state index is -0.678. The van der Waals surface area contributed by atoms with Crippen LogP contribution in [0.1, 0.15) is 5.56 Å². The van der Waals surface area contributed by atoms with Crippen molar-refractivity contribution in [2.45, 2.75) is 0 Å². The Morgan fingerprint density at radius 3 is 2.71 bits per heavy atom. The normalized spacial score (nSPS) is 10.9. The third-order valence-electron chi connectivity index (χ3n) is 2.28. The second-order valence-electron chi connectivity index (χ2n) is 3.42. The number of urea groups is 1. The molecule has 17 heavy (non-hydrogen) atoms. The van der Waals surface area contributed by atoms with Crippen molar-refractivity contribution in [2.75, 3.05) is 0 Å². The van der Waals surface area contributed by atoms with Gasteiger partial charge in [-0.25, -0.2) is 10.2 Å². The number of hydrogen-bond acceptors (Lipinski definition) is 2. The molecule has 0 saturated heterocycles. The van der Waals surface area contributed by atoms with Crippen molar-refractivity contribution in [3.8, 4) is 0 Å². The Kier molecular flexibility index (Phi) is 3.39. The van der Waals surface area contributed by atoms with Crippen LogP contribution in [0.4, 0.5) is 4.79 Å². The van der Waals surface area contributed by atoms with E-state index >= 15 is 0 Å². The van der Waals surface area contributed by atoms with Gasteiger partial charge >= 0.3 is 6.03 Å². The number of carbonyl (C=O) groups is 1. The number of rotatable bonds is 2. The Morgan fingerprint density at radius 1 is 1.24 bits per heavy atom. The fraction of sp³-hybridized carbons (Fsp3) is 0. The number of hydrazone groups is 1. The van der Waals surface area contributed by atoms with Crippen LogP contribution in [0.3, 0.4) is 0 Å². The number of primary amides is 1. The number of fused-ring (bicyclic) bond motifs is 1. The van der Waals surface area contributed by atoms with E-state index in [1.807, 2.05) is 36.4 Å². The minimum Gasteiger partial charge on any atom is -0.350 e. The molecule has 0 aliphatic carbocycles. The maximum Gasteiger partial charge on any atom is 0.332 e. The Labute approximate surface area is 107 Å². The lowest BCUT2D eigenvalue weighted by Crippen LogP contribution is -2.24. The van der Waals surface area contributed by atoms with E-state index in [4.69, 9.17) is 5.73 Å². The summed E-state index contributed by atoms with van der Waals surface area (Å²) in [5.41, 5.74) is 8.01. The molecule has 86 valence electrons. The molecule has 0 aliphatic heterocycles. The molecule has 4 nitrogen and oxygen atoms in total. The smallest absolute Gasteiger partial charge is 0.332 e. The van der Waals surface area contributed by atoms with E-state index in [-0.39, 0.29) is 0 Å². The van der Waals surface area contributed by atoms with Gasteiger partial charge in [0.05, 0.1) is 6.21 Å². The van der Waals surface area contributed by atoms with Crippen LogP contribution in [0.25, 0.3) is 10.8 Å². The zero-order valence-electron chi connectivity index (χ0n) is 8.85. The SMILES string of the molecule is NC(=O)NN=Cc1cccc2c(Br)cccc12. The zero-order chi connectivity index (χ0) is 12.3. The summed E-state index contributed by atoms with van der Waals surface area (Å²) in [6.45, 7) is 0. The van der Waals surface area contributed by atoms with E-state index in [0.29, 0.717) is 0 Å². The minimum absolute atomic E-state index is 0.678. The molecule has 0 aromatic heterocycles. The standard InChI is InChI=1S/C12H10BrN3O/c13-11-6-2-4-9-8(3-1-5-10(9)11)7-15-16-12(14)17/h1-7H,(H3,14,16,17). The second-order valence-corrected chi connectivity index (χ2v) is 4.27. The number of carbonyl (C=O) groups excluding carboxylic acids is 1. The Morgan fingerprint density at radius 2 is 1.94 bits per heavy atom. The van der Waals surface area contributed by atoms with Crippen molar-refractivity contribution < 1.29 is 4.79 Å². The van der Waals surface area contributed by atoms with Crippen molar-refractivity contribution in [3.63, 3.8) is 0 Å². The van der Waals surface area contributed by atoms with E-state index in [2.05, 4.69) is 26.5 Å². The quantitative estimate of drug-likeness (QED) is 0.648. The first kappa shape index (κ1) is 11.6. The van der Waals surface area contributed by atoms with Crippen LogP contribution >= 0.6 is 15.9 Å². The van der Waals surface area contributed by atoms with E-state index in [1.165, 1.54) is 0 Å². The summed E-state index contributed by atoms with van der Waals surface area (Å²) in [4.78, 5) is 10.5. The monoisotopic (exact) mass is 291 g/mol. The lowest BCUT2D eigenvalue weighted by atomic mass is 10.1. The molecule has 0 radical (unpaired) electrons. The largest absolute Gasteiger partial charge is 0.350 e. The molecular weight excluding hydrogens is 282 g/mol. The lowest BCUT2D eigenvalue weighted by molar-refractivity contribution is 0.249. The first-order valence-corrected chi connectivity index (χ1v) is 5.73. The summed E-state index contributed by atoms with van der Waals surface area (Å²) in [6, 6.07) is 11.1. The number of nitrogens with two attached hydrogens (primary N) is 1. The molecule has 2 aromatic rings. The highest BCUT2D eigenvalue weighted by molar-refractivity contribution is 9.10. The molecule has 2 amide bonds. The lowest BCUT2D eigenvalue weighted by Gasteiger charge is -2.03. The molecule has 0 spiro atoms. The van der Waals surface area contributed by atoms with E-state index in [0.717, 1.165) is 20.8 Å². The Bertz CT molecular complexity index is 595. The van der Waals surface area contributed by atoms with E-state index < -0.39 is 6.03 Å². The first-order valence-electron chi connectivity index (χ1n) is 4.94. The van der Waals surface area contributed by atoms with Crippen LogP contribution in [-0.4, -0.2) is 12.2 Å². The topological polar surface area (TPSA) is 67.5 Å². The van der Waals surface area contributed by atoms with Gasteiger partial charge in [0, 0.05) is 10.0 Å². The zero-order valence-corrected chi connectivity index (χ0v) is 10.4. The van der Waals surface area contributed by atoms with Crippen LogP contribution in [0.2, 0.25) is 0 Å². The molecule has 0 aliphatic rings. The summed E-state index contributed by atoms with van der Waals surface area (Å²) in [7, 11) is 0. The van der Waals surface area contributed by atoms with Crippen molar-refractivity contribution in [2.24, 2.45) is 10.8 Å². The average molecular weight is 292 g/mol. The third kappa shape index (κ3) is 2.62. The van der Waals surface area contributed by atoms with Gasteiger partial charge < -0.3 is 5.73 Å². The maximum atomic E-state index is 10.5. The molecular formula is C12H10BrN3O. The van der Waals surface area contributed by atoms with Crippen LogP contribution in [0.15, 0.2) is 46.0 Å². The van der Waals surface area contributed by atoms with E-state index in [9.17, 15) is 4.79 Å². The van der Waals surface area contributed by atoms with Gasteiger partial charge in [0.1, 0.15) is 0 Å². The number of nitrogens with one attached hydrogen (secondary N) is 1. The molecule has 2 rings (SSSR count). The third-order valence-corrected chi connectivity index (χ3v) is 2.97. The Balaban J connectivity index is 2.44. The Hall–Kier alpha value is -1.88. The molecule has 3 N–H and O–H groups in total. The molecule has 0 heterocycles. The van der Waals surface area contributed by atoms with Crippen LogP contribution in [0.5, 0.6) is 0 Å². The molecule has 0 saturated carbocycles. The predicted octanol–water partition coefficient (Wildman–Crippen LogP) is 2.60. The maximum absolute atomic E-state index is 10.5. The number of nitrogens with zero attached hydrogens (tertiary/aromatic N) is 1. The van der Waals surface area contributed by atoms with Crippen molar-refractivity contribution in [1.82, 2.24) is 5.43 Å². The molecule has 5 heteroatoms. The van der Waals surface area contributed by atoms with E-state index in [1.54, 1.807) is 6.21 Å². The van der Waals surface area contributed by atoms with Crippen LogP contribution < -0.4 is 11.2 Å². The fourth-order valence-corrected chi connectivity index (χ4v) is 2.07. The number of hydrogen-bond donors (Lipinski definition) is 2. The van der Waals surface area contributed by atoms with Gasteiger partial charge in [0.2, 0.25) is 0 Å². The van der Waals surface area contributed by atoms with Gasteiger partial charge in [-0.05, 0) is 16.8 Å². The van der Waals surface area contributed by atoms with Crippen LogP contribution in [-0.2, 0) is 0 Å². The highest BCUT2D eigenvalue weighted by atomic mass is 79.9. The van der Waals surface area contributed by atoms with Gasteiger partial charge in [-0.1, -0.05) is 46.3 Å².